The van der Waals surface area contributed by atoms with Crippen LogP contribution in [0.1, 0.15) is 34.1 Å². The molecule has 3 fully saturated rings. The van der Waals surface area contributed by atoms with Crippen molar-refractivity contribution >= 4 is 15.9 Å². The Bertz CT molecular complexity index is 574. The van der Waals surface area contributed by atoms with Gasteiger partial charge in [-0.15, -0.1) is 0 Å². The maximum atomic E-state index is 12.8. The third-order valence-electron chi connectivity index (χ3n) is 4.89. The van der Waals surface area contributed by atoms with Crippen molar-refractivity contribution < 1.29 is 17.9 Å². The third-order valence-corrected chi connectivity index (χ3v) is 7.22. The van der Waals surface area contributed by atoms with Gasteiger partial charge in [0.2, 0.25) is 15.9 Å². The summed E-state index contributed by atoms with van der Waals surface area (Å²) < 4.78 is 33.3. The van der Waals surface area contributed by atoms with Crippen LogP contribution < -0.4 is 0 Å². The summed E-state index contributed by atoms with van der Waals surface area (Å²) in [5, 5.41) is -0.492. The van der Waals surface area contributed by atoms with E-state index in [0.717, 1.165) is 0 Å². The number of ether oxygens (including phenoxy) is 1. The highest BCUT2D eigenvalue weighted by Crippen LogP contribution is 2.46. The maximum absolute atomic E-state index is 12.8. The summed E-state index contributed by atoms with van der Waals surface area (Å²) in [7, 11) is -3.32. The summed E-state index contributed by atoms with van der Waals surface area (Å²) in [5.41, 5.74) is -0.721. The zero-order valence-corrected chi connectivity index (χ0v) is 14.6. The summed E-state index contributed by atoms with van der Waals surface area (Å²) in [5.74, 6) is 0.294. The summed E-state index contributed by atoms with van der Waals surface area (Å²) in [6.07, 6.45) is 0.371. The van der Waals surface area contributed by atoms with Gasteiger partial charge in [-0.2, -0.15) is 4.31 Å². The number of hydrogen-bond donors (Lipinski definition) is 0. The summed E-state index contributed by atoms with van der Waals surface area (Å²) in [4.78, 5) is 14.1. The van der Waals surface area contributed by atoms with Crippen molar-refractivity contribution in [3.05, 3.63) is 0 Å². The van der Waals surface area contributed by atoms with Gasteiger partial charge in [0, 0.05) is 25.6 Å². The number of morpholine rings is 1. The quantitative estimate of drug-likeness (QED) is 0.763. The van der Waals surface area contributed by atoms with Crippen molar-refractivity contribution in [3.63, 3.8) is 0 Å². The summed E-state index contributed by atoms with van der Waals surface area (Å²) in [6.45, 7) is 9.62. The van der Waals surface area contributed by atoms with Crippen LogP contribution in [0, 0.1) is 11.8 Å². The van der Waals surface area contributed by atoms with E-state index in [1.807, 2.05) is 32.6 Å². The molecule has 3 aliphatic heterocycles. The molecule has 3 aliphatic rings. The molecule has 3 heterocycles. The Kier molecular flexibility index (Phi) is 3.81. The molecule has 22 heavy (non-hydrogen) atoms. The molecule has 3 rings (SSSR count). The molecule has 3 atom stereocenters. The Morgan fingerprint density at radius 2 is 1.95 bits per heavy atom. The van der Waals surface area contributed by atoms with Crippen LogP contribution in [0.3, 0.4) is 0 Å². The zero-order valence-electron chi connectivity index (χ0n) is 13.8. The molecule has 6 nitrogen and oxygen atoms in total. The van der Waals surface area contributed by atoms with Crippen molar-refractivity contribution in [2.45, 2.75) is 51.1 Å². The van der Waals surface area contributed by atoms with Crippen molar-refractivity contribution in [2.24, 2.45) is 11.8 Å². The second-order valence-corrected chi connectivity index (χ2v) is 9.75. The Labute approximate surface area is 132 Å². The molecular weight excluding hydrogens is 304 g/mol. The van der Waals surface area contributed by atoms with Crippen molar-refractivity contribution in [3.8, 4) is 0 Å². The Morgan fingerprint density at radius 1 is 1.27 bits per heavy atom. The largest absolute Gasteiger partial charge is 0.365 e. The van der Waals surface area contributed by atoms with Crippen LogP contribution >= 0.6 is 0 Å². The van der Waals surface area contributed by atoms with Gasteiger partial charge in [-0.3, -0.25) is 4.79 Å². The maximum Gasteiger partial charge on any atom is 0.225 e. The fourth-order valence-electron chi connectivity index (χ4n) is 4.05. The van der Waals surface area contributed by atoms with E-state index in [1.165, 1.54) is 0 Å². The number of likely N-dealkylation sites (tertiary alicyclic amines) is 1. The van der Waals surface area contributed by atoms with E-state index >= 15 is 0 Å². The SMILES string of the molecule is CC(C)CN1C[C@@]23CN(C(=O)C(C)C)C[C@@H](C[C@@H]2S1(=O)=O)O3. The highest BCUT2D eigenvalue weighted by atomic mass is 32.2. The fraction of sp³-hybridized carbons (Fsp3) is 0.933. The highest BCUT2D eigenvalue weighted by Gasteiger charge is 2.65. The number of hydrogen-bond acceptors (Lipinski definition) is 4. The zero-order chi connectivity index (χ0) is 16.3. The standard InChI is InChI=1S/C15H26N2O4S/c1-10(2)6-17-9-15-8-16(14(18)11(3)4)7-12(21-15)5-13(15)22(17,19)20/h10-13H,5-9H2,1-4H3/t12-,13+,15+/m1/s1. The first-order chi connectivity index (χ1) is 10.2. The first-order valence-electron chi connectivity index (χ1n) is 8.11. The van der Waals surface area contributed by atoms with Gasteiger partial charge in [0.1, 0.15) is 10.9 Å². The topological polar surface area (TPSA) is 66.9 Å². The molecule has 0 saturated carbocycles. The fourth-order valence-corrected chi connectivity index (χ4v) is 6.52. The number of nitrogens with zero attached hydrogens (tertiary/aromatic N) is 2. The minimum atomic E-state index is -3.32. The number of sulfonamides is 1. The average Bonchev–Trinajstić information content (AvgIpc) is 2.76. The van der Waals surface area contributed by atoms with Gasteiger partial charge in [-0.25, -0.2) is 8.42 Å². The monoisotopic (exact) mass is 330 g/mol. The van der Waals surface area contributed by atoms with E-state index in [9.17, 15) is 13.2 Å². The Balaban J connectivity index is 1.87. The molecule has 0 N–H and O–H groups in total. The van der Waals surface area contributed by atoms with Crippen LogP contribution in [0.4, 0.5) is 0 Å². The molecule has 0 unspecified atom stereocenters. The normalized spacial score (nSPS) is 37.1. The summed E-state index contributed by atoms with van der Waals surface area (Å²) in [6, 6.07) is 0. The van der Waals surface area contributed by atoms with Crippen LogP contribution in [0.25, 0.3) is 0 Å². The summed E-state index contributed by atoms with van der Waals surface area (Å²) >= 11 is 0. The van der Waals surface area contributed by atoms with Gasteiger partial charge >= 0.3 is 0 Å². The van der Waals surface area contributed by atoms with E-state index < -0.39 is 20.9 Å². The van der Waals surface area contributed by atoms with E-state index in [1.54, 1.807) is 4.31 Å². The van der Waals surface area contributed by atoms with E-state index in [-0.39, 0.29) is 23.8 Å². The Morgan fingerprint density at radius 3 is 2.55 bits per heavy atom. The van der Waals surface area contributed by atoms with Crippen LogP contribution in [0.15, 0.2) is 0 Å². The van der Waals surface area contributed by atoms with Crippen molar-refractivity contribution in [1.29, 1.82) is 0 Å². The number of rotatable bonds is 3. The minimum absolute atomic E-state index is 0.0721. The molecule has 0 aromatic heterocycles. The van der Waals surface area contributed by atoms with Gasteiger partial charge < -0.3 is 9.64 Å². The lowest BCUT2D eigenvalue weighted by atomic mass is 9.98. The molecule has 0 aromatic rings. The minimum Gasteiger partial charge on any atom is -0.365 e. The van der Waals surface area contributed by atoms with Crippen molar-refractivity contribution in [1.82, 2.24) is 9.21 Å². The number of fused-ring (bicyclic) bond motifs is 1. The molecule has 1 amide bonds. The Hall–Kier alpha value is -0.660. The molecule has 0 radical (unpaired) electrons. The molecule has 126 valence electrons. The lowest BCUT2D eigenvalue weighted by Gasteiger charge is -2.40. The van der Waals surface area contributed by atoms with Gasteiger partial charge in [0.25, 0.3) is 0 Å². The molecule has 0 aliphatic carbocycles. The molecular formula is C15H26N2O4S. The average molecular weight is 330 g/mol. The van der Waals surface area contributed by atoms with Crippen LogP contribution in [0.2, 0.25) is 0 Å². The molecule has 0 aromatic carbocycles. The highest BCUT2D eigenvalue weighted by molar-refractivity contribution is 7.90. The molecule has 1 spiro atoms. The first kappa shape index (κ1) is 16.2. The van der Waals surface area contributed by atoms with Crippen LogP contribution in [-0.4, -0.2) is 66.7 Å². The molecule has 7 heteroatoms. The first-order valence-corrected chi connectivity index (χ1v) is 9.61. The van der Waals surface area contributed by atoms with E-state index in [0.29, 0.717) is 32.6 Å². The third kappa shape index (κ3) is 2.37. The van der Waals surface area contributed by atoms with Gasteiger partial charge in [0.15, 0.2) is 0 Å². The lowest BCUT2D eigenvalue weighted by molar-refractivity contribution is -0.153. The molecule has 3 saturated heterocycles. The predicted molar refractivity (Wildman–Crippen MR) is 82.8 cm³/mol. The van der Waals surface area contributed by atoms with E-state index in [2.05, 4.69) is 0 Å². The predicted octanol–water partition coefficient (Wildman–Crippen LogP) is 0.682. The van der Waals surface area contributed by atoms with Crippen LogP contribution in [-0.2, 0) is 19.6 Å². The lowest BCUT2D eigenvalue weighted by Crippen LogP contribution is -2.57. The van der Waals surface area contributed by atoms with Crippen LogP contribution in [0.5, 0.6) is 0 Å². The number of carbonyl (C=O) groups is 1. The van der Waals surface area contributed by atoms with E-state index in [4.69, 9.17) is 4.74 Å². The molecule has 2 bridgehead atoms. The smallest absolute Gasteiger partial charge is 0.225 e. The second kappa shape index (κ2) is 5.18. The number of carbonyl (C=O) groups excluding carboxylic acids is 1. The number of amides is 1. The second-order valence-electron chi connectivity index (χ2n) is 7.63. The van der Waals surface area contributed by atoms with Gasteiger partial charge in [0.05, 0.1) is 12.6 Å². The van der Waals surface area contributed by atoms with Gasteiger partial charge in [-0.05, 0) is 12.3 Å². The van der Waals surface area contributed by atoms with Gasteiger partial charge in [-0.1, -0.05) is 27.7 Å². The van der Waals surface area contributed by atoms with Crippen molar-refractivity contribution in [2.75, 3.05) is 26.2 Å².